The van der Waals surface area contributed by atoms with Crippen LogP contribution in [-0.4, -0.2) is 102 Å². The fraction of sp³-hybridized carbons (Fsp3) is 0.383. The van der Waals surface area contributed by atoms with Gasteiger partial charge in [0, 0.05) is 52.1 Å². The Kier molecular flexibility index (Phi) is 24.0. The molecule has 6 aromatic rings. The molecule has 3 atom stereocenters. The van der Waals surface area contributed by atoms with Crippen molar-refractivity contribution >= 4 is 60.5 Å². The predicted octanol–water partition coefficient (Wildman–Crippen LogP) is 16.8. The van der Waals surface area contributed by atoms with Gasteiger partial charge in [-0.05, 0) is 193 Å². The van der Waals surface area contributed by atoms with Gasteiger partial charge < -0.3 is 28.4 Å². The number of hydrogen-bond acceptors (Lipinski definition) is 7. The van der Waals surface area contributed by atoms with Crippen molar-refractivity contribution in [2.75, 3.05) is 47.4 Å². The number of Topliss-reactive ketones (excluding diaryl/α,β-unsaturated/α-hetero) is 1. The van der Waals surface area contributed by atoms with Crippen molar-refractivity contribution in [1.82, 2.24) is 9.80 Å². The topological polar surface area (TPSA) is 60.5 Å². The number of aryl methyl sites for hydroxylation is 2. The van der Waals surface area contributed by atoms with Crippen LogP contribution in [0.2, 0.25) is 39.7 Å². The molecular weight excluding hydrogens is 1110 g/mol. The van der Waals surface area contributed by atoms with E-state index in [1.165, 1.54) is 29.2 Å². The number of halogens is 10. The molecule has 0 saturated heterocycles. The summed E-state index contributed by atoms with van der Waals surface area (Å²) in [4.78, 5) is 15.8. The Morgan fingerprint density at radius 3 is 1.13 bits per heavy atom. The van der Waals surface area contributed by atoms with Crippen molar-refractivity contribution < 1.29 is 49.8 Å². The maximum absolute atomic E-state index is 14.1. The third kappa shape index (κ3) is 19.9. The van der Waals surface area contributed by atoms with E-state index in [1.54, 1.807) is 43.9 Å². The molecule has 0 radical (unpaired) electrons. The van der Waals surface area contributed by atoms with Gasteiger partial charge in [-0.25, -0.2) is 0 Å². The monoisotopic (exact) mass is 1180 g/mol. The summed E-state index contributed by atoms with van der Waals surface area (Å²) in [6.45, 7) is 10.8. The lowest BCUT2D eigenvalue weighted by atomic mass is 9.91. The minimum absolute atomic E-state index is 0.155. The van der Waals surface area contributed by atoms with Gasteiger partial charge in [0.05, 0.1) is 0 Å². The van der Waals surface area contributed by atoms with Crippen LogP contribution in [0.1, 0.15) is 71.9 Å². The van der Waals surface area contributed by atoms with Gasteiger partial charge in [-0.15, -0.1) is 0 Å². The Hall–Kier alpha value is -4.61. The van der Waals surface area contributed by atoms with Crippen molar-refractivity contribution in [1.29, 1.82) is 0 Å². The minimum atomic E-state index is -4.91. The molecule has 3 unspecified atom stereocenters. The third-order valence-electron chi connectivity index (χ3n) is 12.9. The number of methoxy groups -OCH3 is 1. The second-order valence-electron chi connectivity index (χ2n) is 20.3. The van der Waals surface area contributed by atoms with E-state index in [2.05, 4.69) is 48.2 Å². The highest BCUT2D eigenvalue weighted by molar-refractivity contribution is 6.69. The molecule has 0 aliphatic rings. The number of nitrogens with zero attached hydrogens (tertiary/aromatic N) is 2. The van der Waals surface area contributed by atoms with Crippen LogP contribution < -0.4 is 9.47 Å². The zero-order valence-corrected chi connectivity index (χ0v) is 49.1. The summed E-state index contributed by atoms with van der Waals surface area (Å²) < 4.78 is 101. The third-order valence-corrected chi connectivity index (χ3v) is 14.8. The van der Waals surface area contributed by atoms with Crippen LogP contribution in [0.4, 0.5) is 26.3 Å². The molecule has 422 valence electrons. The van der Waals surface area contributed by atoms with E-state index in [0.29, 0.717) is 25.8 Å². The average Bonchev–Trinajstić information content (AvgIpc) is 3.43. The van der Waals surface area contributed by atoms with Crippen molar-refractivity contribution in [2.45, 2.75) is 101 Å². The van der Waals surface area contributed by atoms with Gasteiger partial charge in [-0.1, -0.05) is 119 Å². The van der Waals surface area contributed by atoms with Crippen LogP contribution in [0, 0.1) is 0 Å². The highest BCUT2D eigenvalue weighted by atomic mass is 35.5. The molecule has 0 N–H and O–H groups in total. The Morgan fingerprint density at radius 1 is 0.526 bits per heavy atom. The van der Waals surface area contributed by atoms with Crippen LogP contribution in [-0.2, 0) is 26.8 Å². The number of carbonyl (C=O) groups excluding carboxylic acids is 1. The first-order chi connectivity index (χ1) is 36.7. The number of benzene rings is 6. The van der Waals surface area contributed by atoms with E-state index in [1.807, 2.05) is 97.1 Å². The summed E-state index contributed by atoms with van der Waals surface area (Å²) in [5.74, 6) is -3.88. The van der Waals surface area contributed by atoms with E-state index >= 15 is 0 Å². The molecule has 0 fully saturated rings. The van der Waals surface area contributed by atoms with Crippen molar-refractivity contribution in [3.05, 3.63) is 199 Å². The van der Waals surface area contributed by atoms with Gasteiger partial charge >= 0.3 is 12.4 Å². The van der Waals surface area contributed by atoms with Crippen molar-refractivity contribution in [3.63, 3.8) is 0 Å². The molecule has 0 amide bonds. The fourth-order valence-corrected chi connectivity index (χ4v) is 10.7. The Morgan fingerprint density at radius 2 is 0.846 bits per heavy atom. The van der Waals surface area contributed by atoms with E-state index in [0.717, 1.165) is 77.0 Å². The lowest BCUT2D eigenvalue weighted by Gasteiger charge is -2.42. The standard InChI is InChI=1S/C32H40Cl2F3NO3Si.C28H28Cl2F3NO2/c1-23(31(39-3,32(35,36)37)41-42(4,5)6)40-29-19-9-24(10-20-29)8-7-21-38(2)22-30(25-11-15-27(33)16-12-25)26-13-17-28(34)18-14-26;1-19(27(35)28(31,32)33)36-25-15-5-20(6-16-25)4-3-17-34(2)18-26(21-7-11-23(29)12-8-21)22-9-13-24(30)14-10-22/h9-20,23,30H,7-8,21-22H2,1-6H3;5-16,19,26H,3-4,17-18H2,1-2H3. The van der Waals surface area contributed by atoms with Gasteiger partial charge in [-0.2, -0.15) is 26.3 Å². The molecule has 0 saturated carbocycles. The highest BCUT2D eigenvalue weighted by Crippen LogP contribution is 2.41. The smallest absolute Gasteiger partial charge is 0.453 e. The highest BCUT2D eigenvalue weighted by Gasteiger charge is 2.63. The van der Waals surface area contributed by atoms with E-state index < -0.39 is 44.4 Å². The molecule has 6 aromatic carbocycles. The van der Waals surface area contributed by atoms with Crippen molar-refractivity contribution in [2.24, 2.45) is 0 Å². The Labute approximate surface area is 476 Å². The Balaban J connectivity index is 0.000000291. The number of ketones is 1. The Bertz CT molecular complexity index is 2660. The van der Waals surface area contributed by atoms with Gasteiger partial charge in [-0.3, -0.25) is 4.79 Å². The maximum atomic E-state index is 14.1. The molecule has 0 heterocycles. The van der Waals surface area contributed by atoms with Gasteiger partial charge in [0.25, 0.3) is 11.6 Å². The first kappa shape index (κ1) is 64.2. The van der Waals surface area contributed by atoms with Gasteiger partial charge in [0.15, 0.2) is 20.5 Å². The summed E-state index contributed by atoms with van der Waals surface area (Å²) in [7, 11) is 2.55. The SMILES string of the molecule is CC(Oc1ccc(CCCN(C)CC(c2ccc(Cl)cc2)c2ccc(Cl)cc2)cc1)C(=O)C(F)(F)F.COC(O[Si](C)(C)C)(C(C)Oc1ccc(CCCN(C)CC(c2ccc(Cl)cc2)c2ccc(Cl)cc2)cc1)C(F)(F)F. The molecule has 0 aliphatic heterocycles. The number of carbonyl (C=O) groups is 1. The molecule has 0 aliphatic carbocycles. The molecule has 6 rings (SSSR count). The molecule has 78 heavy (non-hydrogen) atoms. The number of likely N-dealkylation sites (N-methyl/N-ethyl adjacent to an activating group) is 2. The number of alkyl halides is 6. The summed E-state index contributed by atoms with van der Waals surface area (Å²) >= 11 is 24.4. The average molecular weight is 1180 g/mol. The summed E-state index contributed by atoms with van der Waals surface area (Å²) in [6.07, 6.45) is -9.26. The molecule has 0 spiro atoms. The number of hydrogen-bond donors (Lipinski definition) is 0. The molecular formula is C60H68Cl4F6N2O5Si. The summed E-state index contributed by atoms with van der Waals surface area (Å²) in [5, 5.41) is 2.79. The zero-order chi connectivity index (χ0) is 57.4. The normalized spacial score (nSPS) is 13.8. The van der Waals surface area contributed by atoms with Crippen LogP contribution in [0.15, 0.2) is 146 Å². The second kappa shape index (κ2) is 29.2. The zero-order valence-electron chi connectivity index (χ0n) is 45.0. The lowest BCUT2D eigenvalue weighted by molar-refractivity contribution is -0.371. The predicted molar refractivity (Wildman–Crippen MR) is 305 cm³/mol. The van der Waals surface area contributed by atoms with E-state index in [-0.39, 0.29) is 17.6 Å². The molecule has 7 nitrogen and oxygen atoms in total. The van der Waals surface area contributed by atoms with Gasteiger partial charge in [0.1, 0.15) is 11.5 Å². The van der Waals surface area contributed by atoms with Gasteiger partial charge in [0.2, 0.25) is 0 Å². The number of ether oxygens (including phenoxy) is 3. The van der Waals surface area contributed by atoms with E-state index in [4.69, 9.17) is 65.0 Å². The number of rotatable bonds is 25. The molecule has 0 bridgehead atoms. The molecule has 0 aromatic heterocycles. The quantitative estimate of drug-likeness (QED) is 0.0322. The minimum Gasteiger partial charge on any atom is -0.485 e. The second-order valence-corrected chi connectivity index (χ2v) is 26.5. The van der Waals surface area contributed by atoms with Crippen molar-refractivity contribution in [3.8, 4) is 11.5 Å². The summed E-state index contributed by atoms with van der Waals surface area (Å²) in [6, 6.07) is 45.6. The molecule has 18 heteroatoms. The first-order valence-corrected chi connectivity index (χ1v) is 30.4. The van der Waals surface area contributed by atoms with Crippen LogP contribution in [0.25, 0.3) is 0 Å². The van der Waals surface area contributed by atoms with Crippen LogP contribution in [0.3, 0.4) is 0 Å². The summed E-state index contributed by atoms with van der Waals surface area (Å²) in [5.41, 5.74) is 6.80. The maximum Gasteiger partial charge on any atom is 0.453 e. The van der Waals surface area contributed by atoms with Crippen LogP contribution >= 0.6 is 46.4 Å². The van der Waals surface area contributed by atoms with Crippen LogP contribution in [0.5, 0.6) is 11.5 Å². The fourth-order valence-electron chi connectivity index (χ4n) is 8.89. The first-order valence-electron chi connectivity index (χ1n) is 25.5. The largest absolute Gasteiger partial charge is 0.485 e. The van der Waals surface area contributed by atoms with E-state index in [9.17, 15) is 31.1 Å². The lowest BCUT2D eigenvalue weighted by Crippen LogP contribution is -2.62.